The monoisotopic (exact) mass is 271 g/mol. The molecule has 0 saturated carbocycles. The summed E-state index contributed by atoms with van der Waals surface area (Å²) in [4.78, 5) is 12.6. The van der Waals surface area contributed by atoms with Crippen molar-refractivity contribution in [2.75, 3.05) is 13.7 Å². The lowest BCUT2D eigenvalue weighted by Crippen LogP contribution is -2.37. The number of rotatable bonds is 8. The van der Waals surface area contributed by atoms with Crippen molar-refractivity contribution in [1.82, 2.24) is 5.32 Å². The van der Waals surface area contributed by atoms with Crippen LogP contribution in [0.3, 0.4) is 0 Å². The molecule has 0 radical (unpaired) electrons. The number of carbonyl (C=O) groups is 1. The number of hydrogen-bond acceptors (Lipinski definition) is 4. The predicted molar refractivity (Wildman–Crippen MR) is 73.0 cm³/mol. The SMILES string of the molecule is COCC(NCc1ccc(CC(=O)O)s1)C(C)C. The van der Waals surface area contributed by atoms with Crippen LogP contribution >= 0.6 is 11.3 Å². The van der Waals surface area contributed by atoms with Gasteiger partial charge < -0.3 is 15.2 Å². The number of ether oxygens (including phenoxy) is 1. The molecule has 2 N–H and O–H groups in total. The van der Waals surface area contributed by atoms with Crippen molar-refractivity contribution in [3.8, 4) is 0 Å². The zero-order valence-corrected chi connectivity index (χ0v) is 11.9. The zero-order chi connectivity index (χ0) is 13.5. The maximum Gasteiger partial charge on any atom is 0.308 e. The van der Waals surface area contributed by atoms with Gasteiger partial charge in [-0.05, 0) is 18.1 Å². The first-order valence-corrected chi connectivity index (χ1v) is 6.86. The van der Waals surface area contributed by atoms with Gasteiger partial charge in [0.2, 0.25) is 0 Å². The summed E-state index contributed by atoms with van der Waals surface area (Å²) in [5.74, 6) is -0.279. The quantitative estimate of drug-likeness (QED) is 0.760. The summed E-state index contributed by atoms with van der Waals surface area (Å²) in [6, 6.07) is 4.19. The van der Waals surface area contributed by atoms with Crippen LogP contribution in [0.4, 0.5) is 0 Å². The van der Waals surface area contributed by atoms with E-state index in [-0.39, 0.29) is 6.42 Å². The smallest absolute Gasteiger partial charge is 0.308 e. The standard InChI is InChI=1S/C13H21NO3S/c1-9(2)12(8-17-3)14-7-11-5-4-10(18-11)6-13(15)16/h4-5,9,12,14H,6-8H2,1-3H3,(H,15,16). The van der Waals surface area contributed by atoms with Crippen molar-refractivity contribution < 1.29 is 14.6 Å². The Morgan fingerprint density at radius 1 is 1.44 bits per heavy atom. The van der Waals surface area contributed by atoms with E-state index in [9.17, 15) is 4.79 Å². The average Bonchev–Trinajstić information content (AvgIpc) is 2.70. The molecular weight excluding hydrogens is 250 g/mol. The summed E-state index contributed by atoms with van der Waals surface area (Å²) in [6.45, 7) is 5.75. The molecule has 1 unspecified atom stereocenters. The van der Waals surface area contributed by atoms with Gasteiger partial charge in [0.1, 0.15) is 0 Å². The minimum absolute atomic E-state index is 0.107. The molecule has 0 fully saturated rings. The largest absolute Gasteiger partial charge is 0.481 e. The first-order chi connectivity index (χ1) is 8.52. The molecule has 0 saturated heterocycles. The van der Waals surface area contributed by atoms with Crippen LogP contribution in [0.25, 0.3) is 0 Å². The molecule has 5 heteroatoms. The maximum absolute atomic E-state index is 10.6. The highest BCUT2D eigenvalue weighted by atomic mass is 32.1. The number of hydrogen-bond donors (Lipinski definition) is 2. The predicted octanol–water partition coefficient (Wildman–Crippen LogP) is 2.14. The average molecular weight is 271 g/mol. The Morgan fingerprint density at radius 3 is 2.67 bits per heavy atom. The highest BCUT2D eigenvalue weighted by Gasteiger charge is 2.13. The molecule has 0 aromatic carbocycles. The molecule has 0 aliphatic carbocycles. The minimum atomic E-state index is -0.782. The summed E-state index contributed by atoms with van der Waals surface area (Å²) < 4.78 is 5.17. The molecule has 1 aromatic heterocycles. The lowest BCUT2D eigenvalue weighted by molar-refractivity contribution is -0.136. The van der Waals surface area contributed by atoms with Gasteiger partial charge in [-0.15, -0.1) is 11.3 Å². The van der Waals surface area contributed by atoms with Crippen molar-refractivity contribution in [3.05, 3.63) is 21.9 Å². The van der Waals surface area contributed by atoms with Crippen molar-refractivity contribution in [1.29, 1.82) is 0 Å². The van der Waals surface area contributed by atoms with E-state index in [1.807, 2.05) is 12.1 Å². The second kappa shape index (κ2) is 7.51. The second-order valence-corrected chi connectivity index (χ2v) is 5.88. The fourth-order valence-corrected chi connectivity index (χ4v) is 2.62. The molecule has 102 valence electrons. The Bertz CT molecular complexity index is 376. The molecule has 1 rings (SSSR count). The number of carboxylic acid groups (broad SMARTS) is 1. The van der Waals surface area contributed by atoms with E-state index >= 15 is 0 Å². The molecule has 0 aliphatic heterocycles. The Kier molecular flexibility index (Phi) is 6.32. The Balaban J connectivity index is 2.46. The van der Waals surface area contributed by atoms with Crippen LogP contribution in [0, 0.1) is 5.92 Å². The summed E-state index contributed by atoms with van der Waals surface area (Å²) in [5.41, 5.74) is 0. The topological polar surface area (TPSA) is 58.6 Å². The molecule has 18 heavy (non-hydrogen) atoms. The summed E-state index contributed by atoms with van der Waals surface area (Å²) in [6.07, 6.45) is 0.107. The Morgan fingerprint density at radius 2 is 2.11 bits per heavy atom. The van der Waals surface area contributed by atoms with Crippen LogP contribution in [0.15, 0.2) is 12.1 Å². The van der Waals surface area contributed by atoms with Gasteiger partial charge in [-0.2, -0.15) is 0 Å². The van der Waals surface area contributed by atoms with Gasteiger partial charge >= 0.3 is 5.97 Å². The van der Waals surface area contributed by atoms with E-state index in [0.717, 1.165) is 16.3 Å². The van der Waals surface area contributed by atoms with E-state index < -0.39 is 5.97 Å². The van der Waals surface area contributed by atoms with Gasteiger partial charge in [0.15, 0.2) is 0 Å². The number of aliphatic carboxylic acids is 1. The van der Waals surface area contributed by atoms with Gasteiger partial charge in [0.25, 0.3) is 0 Å². The van der Waals surface area contributed by atoms with E-state index in [1.165, 1.54) is 0 Å². The Labute approximate surface area is 112 Å². The van der Waals surface area contributed by atoms with E-state index in [4.69, 9.17) is 9.84 Å². The third-order valence-corrected chi connectivity index (χ3v) is 3.82. The van der Waals surface area contributed by atoms with Gasteiger partial charge in [-0.1, -0.05) is 13.8 Å². The lowest BCUT2D eigenvalue weighted by atomic mass is 10.1. The van der Waals surface area contributed by atoms with Crippen LogP contribution < -0.4 is 5.32 Å². The lowest BCUT2D eigenvalue weighted by Gasteiger charge is -2.21. The van der Waals surface area contributed by atoms with Crippen LogP contribution in [0.1, 0.15) is 23.6 Å². The van der Waals surface area contributed by atoms with Crippen LogP contribution in [0.2, 0.25) is 0 Å². The van der Waals surface area contributed by atoms with E-state index in [2.05, 4.69) is 19.2 Å². The third kappa shape index (κ3) is 5.16. The van der Waals surface area contributed by atoms with Crippen LogP contribution in [0.5, 0.6) is 0 Å². The van der Waals surface area contributed by atoms with Crippen LogP contribution in [-0.4, -0.2) is 30.8 Å². The van der Waals surface area contributed by atoms with Crippen molar-refractivity contribution in [2.24, 2.45) is 5.92 Å². The number of carboxylic acids is 1. The minimum Gasteiger partial charge on any atom is -0.481 e. The summed E-state index contributed by atoms with van der Waals surface area (Å²) in [7, 11) is 1.70. The fraction of sp³-hybridized carbons (Fsp3) is 0.615. The second-order valence-electron chi connectivity index (χ2n) is 4.63. The fourth-order valence-electron chi connectivity index (χ4n) is 1.66. The molecule has 0 bridgehead atoms. The molecule has 0 aliphatic rings. The first-order valence-electron chi connectivity index (χ1n) is 6.04. The maximum atomic E-state index is 10.6. The molecule has 0 spiro atoms. The summed E-state index contributed by atoms with van der Waals surface area (Å²) in [5, 5.41) is 12.2. The highest BCUT2D eigenvalue weighted by Crippen LogP contribution is 2.17. The van der Waals surface area contributed by atoms with Gasteiger partial charge in [0.05, 0.1) is 13.0 Å². The highest BCUT2D eigenvalue weighted by molar-refractivity contribution is 7.12. The summed E-state index contributed by atoms with van der Waals surface area (Å²) >= 11 is 1.55. The molecule has 1 atom stereocenters. The van der Waals surface area contributed by atoms with Crippen molar-refractivity contribution in [3.63, 3.8) is 0 Å². The van der Waals surface area contributed by atoms with Gasteiger partial charge in [-0.25, -0.2) is 0 Å². The Hall–Kier alpha value is -0.910. The molecule has 0 amide bonds. The molecule has 1 aromatic rings. The van der Waals surface area contributed by atoms with Crippen LogP contribution in [-0.2, 0) is 22.5 Å². The van der Waals surface area contributed by atoms with E-state index in [0.29, 0.717) is 18.6 Å². The number of nitrogens with one attached hydrogen (secondary N) is 1. The zero-order valence-electron chi connectivity index (χ0n) is 11.1. The third-order valence-electron chi connectivity index (χ3n) is 2.73. The van der Waals surface area contributed by atoms with E-state index in [1.54, 1.807) is 18.4 Å². The van der Waals surface area contributed by atoms with Crippen molar-refractivity contribution in [2.45, 2.75) is 32.9 Å². The van der Waals surface area contributed by atoms with Gasteiger partial charge in [0, 0.05) is 29.5 Å². The van der Waals surface area contributed by atoms with Crippen molar-refractivity contribution >= 4 is 17.3 Å². The number of thiophene rings is 1. The molecular formula is C13H21NO3S. The molecule has 1 heterocycles. The molecule has 4 nitrogen and oxygen atoms in total. The normalized spacial score (nSPS) is 12.9. The first kappa shape index (κ1) is 15.1. The number of methoxy groups -OCH3 is 1. The van der Waals surface area contributed by atoms with Gasteiger partial charge in [-0.3, -0.25) is 4.79 Å².